The van der Waals surface area contributed by atoms with Crippen molar-refractivity contribution in [3.05, 3.63) is 71.0 Å². The summed E-state index contributed by atoms with van der Waals surface area (Å²) in [6.45, 7) is 6.42. The van der Waals surface area contributed by atoms with Gasteiger partial charge in [-0.15, -0.1) is 0 Å². The number of carboxylic acids is 1. The average molecular weight is 809 g/mol. The number of carboxylic acid groups (broad SMARTS) is 1. The summed E-state index contributed by atoms with van der Waals surface area (Å²) in [5.41, 5.74) is 4.45. The second kappa shape index (κ2) is 20.1. The van der Waals surface area contributed by atoms with Gasteiger partial charge in [0.25, 0.3) is 11.8 Å². The maximum atomic E-state index is 14.6. The number of aromatic carboxylic acids is 1. The molecule has 17 heteroatoms. The lowest BCUT2D eigenvalue weighted by Crippen LogP contribution is -2.58. The molecule has 5 unspecified atom stereocenters. The molecule has 2 fully saturated rings. The van der Waals surface area contributed by atoms with Crippen molar-refractivity contribution in [2.24, 2.45) is 11.7 Å². The molecule has 5 atom stereocenters. The number of hydrogen-bond acceptors (Lipinski definition) is 9. The first-order valence-corrected chi connectivity index (χ1v) is 19.5. The maximum absolute atomic E-state index is 14.6. The van der Waals surface area contributed by atoms with Crippen LogP contribution in [0, 0.1) is 11.7 Å². The molecule has 0 spiro atoms. The molecule has 2 aromatic rings. The van der Waals surface area contributed by atoms with Crippen molar-refractivity contribution >= 4 is 47.2 Å². The van der Waals surface area contributed by atoms with Crippen molar-refractivity contribution in [2.45, 2.75) is 115 Å². The monoisotopic (exact) mass is 808 g/mol. The Morgan fingerprint density at radius 3 is 2.21 bits per heavy atom. The third-order valence-corrected chi connectivity index (χ3v) is 10.1. The van der Waals surface area contributed by atoms with Gasteiger partial charge in [-0.1, -0.05) is 56.9 Å². The van der Waals surface area contributed by atoms with Crippen LogP contribution < -0.4 is 27.0 Å². The van der Waals surface area contributed by atoms with E-state index in [0.717, 1.165) is 31.4 Å². The van der Waals surface area contributed by atoms with E-state index in [1.165, 1.54) is 41.3 Å². The Kier molecular flexibility index (Phi) is 15.6. The summed E-state index contributed by atoms with van der Waals surface area (Å²) in [6.07, 6.45) is 3.57. The van der Waals surface area contributed by atoms with Gasteiger partial charge >= 0.3 is 5.97 Å². The predicted octanol–water partition coefficient (Wildman–Crippen LogP) is 2.30. The number of ketones is 1. The third-order valence-electron chi connectivity index (χ3n) is 10.1. The summed E-state index contributed by atoms with van der Waals surface area (Å²) < 4.78 is 20.0. The van der Waals surface area contributed by atoms with Gasteiger partial charge in [-0.05, 0) is 75.8 Å². The number of Topliss-reactive ketones (excluding diaryl/α,β-unsaturated/α-hetero) is 1. The van der Waals surface area contributed by atoms with Gasteiger partial charge in [0, 0.05) is 13.0 Å². The molecule has 1 aliphatic heterocycles. The number of halogens is 1. The topological polar surface area (TPSA) is 243 Å². The molecule has 1 heterocycles. The van der Waals surface area contributed by atoms with Crippen LogP contribution in [0.15, 0.2) is 48.5 Å². The maximum Gasteiger partial charge on any atom is 0.336 e. The second-order valence-corrected chi connectivity index (χ2v) is 15.6. The predicted molar refractivity (Wildman–Crippen MR) is 207 cm³/mol. The van der Waals surface area contributed by atoms with Gasteiger partial charge in [0.05, 0.1) is 35.4 Å². The quantitative estimate of drug-likeness (QED) is 0.127. The minimum Gasteiger partial charge on any atom is -0.478 e. The minimum absolute atomic E-state index is 0.0249. The Morgan fingerprint density at radius 2 is 1.60 bits per heavy atom. The van der Waals surface area contributed by atoms with Crippen molar-refractivity contribution in [2.75, 3.05) is 13.1 Å². The highest BCUT2D eigenvalue weighted by atomic mass is 19.1. The van der Waals surface area contributed by atoms with Crippen LogP contribution in [0.3, 0.4) is 0 Å². The Bertz CT molecular complexity index is 1880. The van der Waals surface area contributed by atoms with Crippen molar-refractivity contribution in [1.29, 1.82) is 0 Å². The van der Waals surface area contributed by atoms with E-state index in [-0.39, 0.29) is 42.0 Å². The number of nitrogens with two attached hydrogens (primary N) is 1. The van der Waals surface area contributed by atoms with Crippen LogP contribution in [0.25, 0.3) is 0 Å². The number of benzene rings is 2. The lowest BCUT2D eigenvalue weighted by molar-refractivity contribution is -0.143. The first kappa shape index (κ1) is 45.0. The number of amides is 6. The fraction of sp³-hybridized carbons (Fsp3) is 0.512. The fourth-order valence-corrected chi connectivity index (χ4v) is 7.44. The Balaban J connectivity index is 1.52. The van der Waals surface area contributed by atoms with Crippen LogP contribution in [0.1, 0.15) is 111 Å². The van der Waals surface area contributed by atoms with Gasteiger partial charge in [-0.25, -0.2) is 9.18 Å². The molecule has 0 bridgehead atoms. The van der Waals surface area contributed by atoms with Crippen LogP contribution in [-0.4, -0.2) is 100 Å². The smallest absolute Gasteiger partial charge is 0.336 e. The zero-order chi connectivity index (χ0) is 42.7. The van der Waals surface area contributed by atoms with Gasteiger partial charge < -0.3 is 41.7 Å². The van der Waals surface area contributed by atoms with E-state index >= 15 is 0 Å². The molecular weight excluding hydrogens is 755 g/mol. The number of rotatable bonds is 17. The van der Waals surface area contributed by atoms with Gasteiger partial charge in [-0.2, -0.15) is 0 Å². The highest BCUT2D eigenvalue weighted by Crippen LogP contribution is 2.31. The number of nitrogens with zero attached hydrogens (tertiary/aromatic N) is 1. The van der Waals surface area contributed by atoms with E-state index in [4.69, 9.17) is 10.5 Å². The first-order valence-electron chi connectivity index (χ1n) is 19.5. The Hall–Kier alpha value is -5.71. The van der Waals surface area contributed by atoms with Crippen LogP contribution in [-0.2, 0) is 33.5 Å². The third kappa shape index (κ3) is 12.1. The molecule has 7 N–H and O–H groups in total. The Labute approximate surface area is 336 Å². The summed E-state index contributed by atoms with van der Waals surface area (Å²) in [5.74, 6) is -8.51. The largest absolute Gasteiger partial charge is 0.478 e. The number of nitrogens with one attached hydrogen (secondary N) is 4. The van der Waals surface area contributed by atoms with E-state index < -0.39 is 95.4 Å². The van der Waals surface area contributed by atoms with Crippen LogP contribution in [0.5, 0.6) is 0 Å². The van der Waals surface area contributed by atoms with Gasteiger partial charge in [0.15, 0.2) is 0 Å². The van der Waals surface area contributed by atoms with E-state index in [9.17, 15) is 47.9 Å². The zero-order valence-corrected chi connectivity index (χ0v) is 33.2. The molecule has 1 saturated carbocycles. The molecule has 2 aromatic carbocycles. The summed E-state index contributed by atoms with van der Waals surface area (Å²) >= 11 is 0. The minimum atomic E-state index is -1.42. The van der Waals surface area contributed by atoms with E-state index in [1.54, 1.807) is 6.92 Å². The molecule has 4 rings (SSSR count). The van der Waals surface area contributed by atoms with Crippen LogP contribution >= 0.6 is 0 Å². The summed E-state index contributed by atoms with van der Waals surface area (Å²) in [4.78, 5) is 107. The lowest BCUT2D eigenvalue weighted by Gasteiger charge is -2.35. The molecule has 314 valence electrons. The molecule has 1 aliphatic carbocycles. The van der Waals surface area contributed by atoms with E-state index in [0.29, 0.717) is 19.3 Å². The molecule has 2 aliphatic rings. The number of hydrogen-bond donors (Lipinski definition) is 6. The number of carbonyl (C=O) groups excluding carboxylic acids is 7. The lowest BCUT2D eigenvalue weighted by atomic mass is 9.83. The zero-order valence-electron chi connectivity index (χ0n) is 33.2. The molecular formula is C41H53FN6O10. The van der Waals surface area contributed by atoms with Gasteiger partial charge in [0.2, 0.25) is 29.4 Å². The number of carbonyl (C=O) groups is 8. The molecule has 58 heavy (non-hydrogen) atoms. The van der Waals surface area contributed by atoms with Crippen molar-refractivity contribution in [3.63, 3.8) is 0 Å². The van der Waals surface area contributed by atoms with Gasteiger partial charge in [0.1, 0.15) is 23.9 Å². The molecule has 1 saturated heterocycles. The molecule has 6 amide bonds. The number of likely N-dealkylation sites (tertiary alicyclic amines) is 1. The van der Waals surface area contributed by atoms with Crippen LogP contribution in [0.4, 0.5) is 4.39 Å². The number of ether oxygens (including phenoxy) is 1. The fourth-order valence-electron chi connectivity index (χ4n) is 7.44. The summed E-state index contributed by atoms with van der Waals surface area (Å²) in [7, 11) is 0. The highest BCUT2D eigenvalue weighted by Gasteiger charge is 2.46. The molecule has 0 radical (unpaired) electrons. The van der Waals surface area contributed by atoms with Crippen molar-refractivity contribution in [1.82, 2.24) is 26.2 Å². The van der Waals surface area contributed by atoms with Crippen molar-refractivity contribution in [3.8, 4) is 0 Å². The second-order valence-electron chi connectivity index (χ2n) is 15.6. The normalized spacial score (nSPS) is 18.6. The van der Waals surface area contributed by atoms with Crippen LogP contribution in [0.2, 0.25) is 0 Å². The highest BCUT2D eigenvalue weighted by molar-refractivity contribution is 6.38. The van der Waals surface area contributed by atoms with E-state index in [1.807, 2.05) is 20.8 Å². The van der Waals surface area contributed by atoms with E-state index in [2.05, 4.69) is 21.3 Å². The SMILES string of the molecule is CCCC(NC(=O)C1CC(OC(C)(C)C)CN1C(=O)C(NC(=O)c1ccccc1C(=O)O)C1CCCCC1)C(=O)C(=O)NCC(=O)NC(C(N)=O)c1cccc(F)c1. The Morgan fingerprint density at radius 1 is 0.931 bits per heavy atom. The van der Waals surface area contributed by atoms with Crippen molar-refractivity contribution < 1.29 is 52.6 Å². The molecule has 0 aromatic heterocycles. The van der Waals surface area contributed by atoms with Gasteiger partial charge in [-0.3, -0.25) is 33.6 Å². The average Bonchev–Trinajstić information content (AvgIpc) is 3.59. The summed E-state index contributed by atoms with van der Waals surface area (Å²) in [6, 6.07) is 5.45. The number of primary amides is 1. The first-order chi connectivity index (χ1) is 27.4. The summed E-state index contributed by atoms with van der Waals surface area (Å²) in [5, 5.41) is 19.6. The molecule has 16 nitrogen and oxygen atoms in total. The standard InChI is InChI=1S/C41H53FN6O10/c1-5-12-29(34(50)38(54)44-21-31(49)46-32(35(43)51)24-15-11-16-25(42)19-24)45-37(53)30-20-26(58-41(2,3)4)22-48(30)39(55)33(23-13-7-6-8-14-23)47-36(52)27-17-9-10-18-28(27)40(56)57/h9-11,15-19,23,26,29-30,32-33H,5-8,12-14,20-22H2,1-4H3,(H2,43,51)(H,44,54)(H,45,53)(H,46,49)(H,47,52)(H,56,57).